The molecule has 0 aliphatic carbocycles. The zero-order chi connectivity index (χ0) is 17.1. The number of benzene rings is 2. The quantitative estimate of drug-likeness (QED) is 0.738. The highest BCUT2D eigenvalue weighted by Gasteiger charge is 2.09. The standard InChI is InChI=1S/C19H18ClFN2O/c1-23-12-14(16-4-2-3-5-18(16)23)7-9-19(24)22-11-13-6-8-15(21)10-17(13)20/h2-6,8,10,12H,7,9,11H2,1H3,(H,22,24). The first-order valence-corrected chi connectivity index (χ1v) is 8.16. The van der Waals surface area contributed by atoms with Crippen LogP contribution in [0.5, 0.6) is 0 Å². The fraction of sp³-hybridized carbons (Fsp3) is 0.211. The van der Waals surface area contributed by atoms with Crippen molar-refractivity contribution >= 4 is 28.4 Å². The summed E-state index contributed by atoms with van der Waals surface area (Å²) in [6, 6.07) is 12.3. The zero-order valence-corrected chi connectivity index (χ0v) is 14.1. The van der Waals surface area contributed by atoms with Crippen molar-refractivity contribution in [2.24, 2.45) is 7.05 Å². The number of carbonyl (C=O) groups is 1. The molecule has 124 valence electrons. The summed E-state index contributed by atoms with van der Waals surface area (Å²) in [5.74, 6) is -0.436. The minimum absolute atomic E-state index is 0.0525. The van der Waals surface area contributed by atoms with E-state index in [2.05, 4.69) is 28.2 Å². The molecular formula is C19H18ClFN2O. The Hall–Kier alpha value is -2.33. The van der Waals surface area contributed by atoms with Crippen LogP contribution < -0.4 is 5.32 Å². The molecule has 3 nitrogen and oxygen atoms in total. The maximum Gasteiger partial charge on any atom is 0.220 e. The van der Waals surface area contributed by atoms with Gasteiger partial charge in [-0.25, -0.2) is 4.39 Å². The molecule has 0 bridgehead atoms. The third kappa shape index (κ3) is 3.60. The van der Waals surface area contributed by atoms with E-state index in [0.717, 1.165) is 11.1 Å². The van der Waals surface area contributed by atoms with E-state index < -0.39 is 0 Å². The van der Waals surface area contributed by atoms with Gasteiger partial charge in [-0.05, 0) is 35.7 Å². The molecule has 0 aliphatic heterocycles. The summed E-state index contributed by atoms with van der Waals surface area (Å²) in [5.41, 5.74) is 3.02. The molecule has 3 rings (SSSR count). The van der Waals surface area contributed by atoms with Gasteiger partial charge in [0, 0.05) is 42.1 Å². The Kier molecular flexibility index (Phi) is 4.86. The maximum absolute atomic E-state index is 13.0. The van der Waals surface area contributed by atoms with Gasteiger partial charge in [0.1, 0.15) is 5.82 Å². The molecule has 0 atom stereocenters. The van der Waals surface area contributed by atoms with Gasteiger partial charge < -0.3 is 9.88 Å². The minimum atomic E-state index is -0.383. The molecule has 0 fully saturated rings. The van der Waals surface area contributed by atoms with Gasteiger partial charge in [-0.3, -0.25) is 4.79 Å². The molecule has 1 heterocycles. The lowest BCUT2D eigenvalue weighted by molar-refractivity contribution is -0.121. The van der Waals surface area contributed by atoms with E-state index in [1.165, 1.54) is 17.5 Å². The number of halogens is 2. The summed E-state index contributed by atoms with van der Waals surface area (Å²) in [4.78, 5) is 12.1. The topological polar surface area (TPSA) is 34.0 Å². The van der Waals surface area contributed by atoms with E-state index in [1.54, 1.807) is 6.07 Å². The summed E-state index contributed by atoms with van der Waals surface area (Å²) in [5, 5.41) is 4.33. The predicted octanol–water partition coefficient (Wildman–Crippen LogP) is 4.22. The Balaban J connectivity index is 1.59. The van der Waals surface area contributed by atoms with Gasteiger partial charge in [-0.15, -0.1) is 0 Å². The number of fused-ring (bicyclic) bond motifs is 1. The summed E-state index contributed by atoms with van der Waals surface area (Å²) in [7, 11) is 2.00. The Morgan fingerprint density at radius 3 is 2.79 bits per heavy atom. The lowest BCUT2D eigenvalue weighted by Crippen LogP contribution is -2.23. The second-order valence-electron chi connectivity index (χ2n) is 5.79. The number of hydrogen-bond donors (Lipinski definition) is 1. The fourth-order valence-corrected chi connectivity index (χ4v) is 3.05. The molecule has 0 radical (unpaired) electrons. The number of para-hydroxylation sites is 1. The van der Waals surface area contributed by atoms with Gasteiger partial charge >= 0.3 is 0 Å². The van der Waals surface area contributed by atoms with Crippen molar-refractivity contribution in [1.29, 1.82) is 0 Å². The first-order chi connectivity index (χ1) is 11.5. The molecule has 1 N–H and O–H groups in total. The van der Waals surface area contributed by atoms with Crippen molar-refractivity contribution in [3.8, 4) is 0 Å². The third-order valence-electron chi connectivity index (χ3n) is 4.09. The molecule has 24 heavy (non-hydrogen) atoms. The molecule has 3 aromatic rings. The van der Waals surface area contributed by atoms with E-state index in [4.69, 9.17) is 11.6 Å². The summed E-state index contributed by atoms with van der Waals surface area (Å²) in [6.45, 7) is 0.299. The van der Waals surface area contributed by atoms with E-state index in [1.807, 2.05) is 19.2 Å². The molecule has 0 aliphatic rings. The molecule has 1 aromatic heterocycles. The van der Waals surface area contributed by atoms with Crippen LogP contribution in [0.25, 0.3) is 10.9 Å². The monoisotopic (exact) mass is 344 g/mol. The van der Waals surface area contributed by atoms with Crippen LogP contribution in [0.15, 0.2) is 48.7 Å². The number of hydrogen-bond acceptors (Lipinski definition) is 1. The normalized spacial score (nSPS) is 11.0. The molecule has 0 saturated heterocycles. The highest BCUT2D eigenvalue weighted by molar-refractivity contribution is 6.31. The first kappa shape index (κ1) is 16.5. The molecule has 0 unspecified atom stereocenters. The number of nitrogens with one attached hydrogen (secondary N) is 1. The molecule has 5 heteroatoms. The highest BCUT2D eigenvalue weighted by atomic mass is 35.5. The maximum atomic E-state index is 13.0. The Morgan fingerprint density at radius 1 is 1.21 bits per heavy atom. The van der Waals surface area contributed by atoms with Crippen LogP contribution in [0.1, 0.15) is 17.5 Å². The van der Waals surface area contributed by atoms with Crippen LogP contribution >= 0.6 is 11.6 Å². The van der Waals surface area contributed by atoms with Crippen LogP contribution in [0.4, 0.5) is 4.39 Å². The molecular weight excluding hydrogens is 327 g/mol. The van der Waals surface area contributed by atoms with Crippen molar-refractivity contribution in [2.45, 2.75) is 19.4 Å². The van der Waals surface area contributed by atoms with Crippen molar-refractivity contribution in [2.75, 3.05) is 0 Å². The van der Waals surface area contributed by atoms with Crippen molar-refractivity contribution < 1.29 is 9.18 Å². The second kappa shape index (κ2) is 7.05. The molecule has 2 aromatic carbocycles. The van der Waals surface area contributed by atoms with Gasteiger partial charge in [-0.2, -0.15) is 0 Å². The summed E-state index contributed by atoms with van der Waals surface area (Å²) >= 11 is 5.96. The average Bonchev–Trinajstić information content (AvgIpc) is 2.89. The Morgan fingerprint density at radius 2 is 2.00 bits per heavy atom. The van der Waals surface area contributed by atoms with Gasteiger partial charge in [0.2, 0.25) is 5.91 Å². The van der Waals surface area contributed by atoms with Crippen LogP contribution in [0, 0.1) is 5.82 Å². The van der Waals surface area contributed by atoms with E-state index in [-0.39, 0.29) is 11.7 Å². The number of rotatable bonds is 5. The van der Waals surface area contributed by atoms with Crippen molar-refractivity contribution in [3.05, 3.63) is 70.6 Å². The zero-order valence-electron chi connectivity index (χ0n) is 13.4. The molecule has 0 spiro atoms. The van der Waals surface area contributed by atoms with Gasteiger partial charge in [-0.1, -0.05) is 35.9 Å². The van der Waals surface area contributed by atoms with Gasteiger partial charge in [0.05, 0.1) is 0 Å². The summed E-state index contributed by atoms with van der Waals surface area (Å²) in [6.07, 6.45) is 3.13. The van der Waals surface area contributed by atoms with Crippen LogP contribution in [0.3, 0.4) is 0 Å². The lowest BCUT2D eigenvalue weighted by Gasteiger charge is -2.07. The highest BCUT2D eigenvalue weighted by Crippen LogP contribution is 2.21. The molecule has 0 saturated carbocycles. The Bertz CT molecular complexity index is 888. The average molecular weight is 345 g/mol. The van der Waals surface area contributed by atoms with Crippen LogP contribution in [0.2, 0.25) is 5.02 Å². The largest absolute Gasteiger partial charge is 0.352 e. The first-order valence-electron chi connectivity index (χ1n) is 7.78. The number of nitrogens with zero attached hydrogens (tertiary/aromatic N) is 1. The summed E-state index contributed by atoms with van der Waals surface area (Å²) < 4.78 is 15.1. The van der Waals surface area contributed by atoms with Crippen molar-refractivity contribution in [3.63, 3.8) is 0 Å². The van der Waals surface area contributed by atoms with E-state index in [0.29, 0.717) is 30.0 Å². The number of aromatic nitrogens is 1. The van der Waals surface area contributed by atoms with E-state index in [9.17, 15) is 9.18 Å². The second-order valence-corrected chi connectivity index (χ2v) is 6.20. The lowest BCUT2D eigenvalue weighted by atomic mass is 10.1. The van der Waals surface area contributed by atoms with Gasteiger partial charge in [0.15, 0.2) is 0 Å². The smallest absolute Gasteiger partial charge is 0.220 e. The Labute approximate surface area is 145 Å². The van der Waals surface area contributed by atoms with Crippen LogP contribution in [-0.2, 0) is 24.8 Å². The number of amides is 1. The van der Waals surface area contributed by atoms with Gasteiger partial charge in [0.25, 0.3) is 0 Å². The number of aryl methyl sites for hydroxylation is 2. The molecule has 1 amide bonds. The number of carbonyl (C=O) groups excluding carboxylic acids is 1. The predicted molar refractivity (Wildman–Crippen MR) is 94.5 cm³/mol. The van der Waals surface area contributed by atoms with E-state index >= 15 is 0 Å². The SMILES string of the molecule is Cn1cc(CCC(=O)NCc2ccc(F)cc2Cl)c2ccccc21. The third-order valence-corrected chi connectivity index (χ3v) is 4.44. The van der Waals surface area contributed by atoms with Crippen LogP contribution in [-0.4, -0.2) is 10.5 Å². The fourth-order valence-electron chi connectivity index (χ4n) is 2.82. The van der Waals surface area contributed by atoms with Crippen molar-refractivity contribution in [1.82, 2.24) is 9.88 Å². The minimum Gasteiger partial charge on any atom is -0.352 e.